The van der Waals surface area contributed by atoms with E-state index in [1.165, 1.54) is 18.3 Å². The second-order valence-electron chi connectivity index (χ2n) is 3.88. The smallest absolute Gasteiger partial charge is 0.271 e. The molecular formula is C14H12FN3O. The minimum atomic E-state index is -0.354. The highest BCUT2D eigenvalue weighted by Gasteiger charge is 2.02. The maximum Gasteiger partial charge on any atom is 0.271 e. The Morgan fingerprint density at radius 1 is 1.21 bits per heavy atom. The van der Waals surface area contributed by atoms with Crippen molar-refractivity contribution in [3.05, 3.63) is 65.5 Å². The largest absolute Gasteiger partial charge is 0.399 e. The number of nitrogen functional groups attached to an aromatic ring is 1. The summed E-state index contributed by atoms with van der Waals surface area (Å²) >= 11 is 0. The van der Waals surface area contributed by atoms with Crippen LogP contribution < -0.4 is 11.2 Å². The molecule has 1 amide bonds. The fraction of sp³-hybridized carbons (Fsp3) is 0. The van der Waals surface area contributed by atoms with Crippen molar-refractivity contribution in [2.45, 2.75) is 0 Å². The van der Waals surface area contributed by atoms with E-state index in [4.69, 9.17) is 5.73 Å². The van der Waals surface area contributed by atoms with Crippen molar-refractivity contribution >= 4 is 17.8 Å². The first-order valence-corrected chi connectivity index (χ1v) is 5.59. The van der Waals surface area contributed by atoms with E-state index in [1.54, 1.807) is 36.4 Å². The third kappa shape index (κ3) is 3.64. The van der Waals surface area contributed by atoms with Crippen LogP contribution in [0, 0.1) is 5.82 Å². The number of hydrogen-bond acceptors (Lipinski definition) is 3. The Hall–Kier alpha value is -2.69. The highest BCUT2D eigenvalue weighted by atomic mass is 19.1. The number of amides is 1. The zero-order valence-electron chi connectivity index (χ0n) is 10.0. The molecule has 0 fully saturated rings. The highest BCUT2D eigenvalue weighted by molar-refractivity contribution is 5.95. The van der Waals surface area contributed by atoms with Crippen molar-refractivity contribution in [2.75, 3.05) is 5.73 Å². The predicted molar refractivity (Wildman–Crippen MR) is 72.3 cm³/mol. The molecule has 0 aromatic heterocycles. The average molecular weight is 257 g/mol. The maximum atomic E-state index is 12.9. The summed E-state index contributed by atoms with van der Waals surface area (Å²) in [5.74, 6) is -0.707. The number of nitrogens with zero attached hydrogens (tertiary/aromatic N) is 1. The molecule has 0 atom stereocenters. The number of hydrogen-bond donors (Lipinski definition) is 2. The summed E-state index contributed by atoms with van der Waals surface area (Å²) < 4.78 is 12.9. The van der Waals surface area contributed by atoms with Gasteiger partial charge in [0.2, 0.25) is 0 Å². The number of carbonyl (C=O) groups is 1. The van der Waals surface area contributed by atoms with E-state index >= 15 is 0 Å². The first-order chi connectivity index (χ1) is 9.15. The summed E-state index contributed by atoms with van der Waals surface area (Å²) in [5, 5.41) is 3.76. The quantitative estimate of drug-likeness (QED) is 0.502. The molecule has 19 heavy (non-hydrogen) atoms. The zero-order valence-corrected chi connectivity index (χ0v) is 10.0. The Morgan fingerprint density at radius 2 is 1.95 bits per heavy atom. The van der Waals surface area contributed by atoms with Gasteiger partial charge in [0.25, 0.3) is 5.91 Å². The van der Waals surface area contributed by atoms with Crippen molar-refractivity contribution in [2.24, 2.45) is 5.10 Å². The van der Waals surface area contributed by atoms with Gasteiger partial charge in [-0.1, -0.05) is 12.1 Å². The van der Waals surface area contributed by atoms with E-state index < -0.39 is 0 Å². The molecule has 0 heterocycles. The second-order valence-corrected chi connectivity index (χ2v) is 3.88. The summed E-state index contributed by atoms with van der Waals surface area (Å²) in [4.78, 5) is 11.7. The van der Waals surface area contributed by atoms with E-state index in [-0.39, 0.29) is 11.7 Å². The fourth-order valence-electron chi connectivity index (χ4n) is 1.45. The van der Waals surface area contributed by atoms with E-state index in [9.17, 15) is 9.18 Å². The third-order valence-corrected chi connectivity index (χ3v) is 2.40. The number of nitrogens with one attached hydrogen (secondary N) is 1. The summed E-state index contributed by atoms with van der Waals surface area (Å²) in [6.07, 6.45) is 1.37. The normalized spacial score (nSPS) is 10.6. The lowest BCUT2D eigenvalue weighted by Crippen LogP contribution is -2.17. The molecule has 3 N–H and O–H groups in total. The van der Waals surface area contributed by atoms with Gasteiger partial charge in [-0.15, -0.1) is 0 Å². The van der Waals surface area contributed by atoms with Gasteiger partial charge in [-0.3, -0.25) is 4.79 Å². The van der Waals surface area contributed by atoms with E-state index in [0.717, 1.165) is 0 Å². The minimum Gasteiger partial charge on any atom is -0.399 e. The fourth-order valence-corrected chi connectivity index (χ4v) is 1.45. The number of nitrogens with two attached hydrogens (primary N) is 1. The molecule has 2 aromatic rings. The van der Waals surface area contributed by atoms with Crippen molar-refractivity contribution in [3.8, 4) is 0 Å². The summed E-state index contributed by atoms with van der Waals surface area (Å²) in [7, 11) is 0. The molecule has 2 aromatic carbocycles. The topological polar surface area (TPSA) is 67.5 Å². The number of halogens is 1. The van der Waals surface area contributed by atoms with Crippen molar-refractivity contribution in [3.63, 3.8) is 0 Å². The average Bonchev–Trinajstić information content (AvgIpc) is 2.39. The molecule has 4 nitrogen and oxygen atoms in total. The van der Waals surface area contributed by atoms with Crippen molar-refractivity contribution < 1.29 is 9.18 Å². The Morgan fingerprint density at radius 3 is 2.63 bits per heavy atom. The van der Waals surface area contributed by atoms with Crippen LogP contribution in [0.3, 0.4) is 0 Å². The molecule has 0 saturated carbocycles. The van der Waals surface area contributed by atoms with Gasteiger partial charge < -0.3 is 5.73 Å². The summed E-state index contributed by atoms with van der Waals surface area (Å²) in [5.41, 5.74) is 9.47. The Labute approximate surface area is 109 Å². The number of rotatable bonds is 3. The molecule has 0 aliphatic heterocycles. The molecule has 0 unspecified atom stereocenters. The van der Waals surface area contributed by atoms with Crippen LogP contribution in [0.5, 0.6) is 0 Å². The van der Waals surface area contributed by atoms with Crippen LogP contribution in [0.15, 0.2) is 53.6 Å². The van der Waals surface area contributed by atoms with Crippen LogP contribution in [-0.4, -0.2) is 12.1 Å². The van der Waals surface area contributed by atoms with Crippen LogP contribution in [-0.2, 0) is 0 Å². The molecule has 0 saturated heterocycles. The Balaban J connectivity index is 1.98. The number of anilines is 1. The maximum absolute atomic E-state index is 12.9. The monoisotopic (exact) mass is 257 g/mol. The van der Waals surface area contributed by atoms with Gasteiger partial charge in [0.15, 0.2) is 0 Å². The van der Waals surface area contributed by atoms with Gasteiger partial charge in [0.1, 0.15) is 5.82 Å². The number of benzene rings is 2. The third-order valence-electron chi connectivity index (χ3n) is 2.40. The summed E-state index contributed by atoms with van der Waals surface area (Å²) in [6, 6.07) is 12.4. The van der Waals surface area contributed by atoms with Gasteiger partial charge in [-0.25, -0.2) is 9.82 Å². The van der Waals surface area contributed by atoms with Crippen LogP contribution in [0.4, 0.5) is 10.1 Å². The molecule has 0 aliphatic rings. The number of hydrazone groups is 1. The lowest BCUT2D eigenvalue weighted by molar-refractivity contribution is 0.0955. The van der Waals surface area contributed by atoms with Crippen LogP contribution in [0.2, 0.25) is 0 Å². The molecule has 0 radical (unpaired) electrons. The van der Waals surface area contributed by atoms with Gasteiger partial charge in [0, 0.05) is 11.3 Å². The van der Waals surface area contributed by atoms with Crippen LogP contribution >= 0.6 is 0 Å². The van der Waals surface area contributed by atoms with Gasteiger partial charge in [0.05, 0.1) is 6.21 Å². The van der Waals surface area contributed by atoms with Gasteiger partial charge in [-0.2, -0.15) is 5.10 Å². The van der Waals surface area contributed by atoms with Crippen molar-refractivity contribution in [1.29, 1.82) is 0 Å². The molecule has 5 heteroatoms. The zero-order chi connectivity index (χ0) is 13.7. The Bertz CT molecular complexity index is 608. The first kappa shape index (κ1) is 12.8. The van der Waals surface area contributed by atoms with Crippen LogP contribution in [0.25, 0.3) is 0 Å². The van der Waals surface area contributed by atoms with E-state index in [0.29, 0.717) is 16.8 Å². The molecule has 0 spiro atoms. The standard InChI is InChI=1S/C14H12FN3O/c15-12-3-1-2-10(8-12)9-17-18-14(19)11-4-6-13(16)7-5-11/h1-9H,16H2,(H,18,19)/b17-9+. The minimum absolute atomic E-state index is 0.353. The van der Waals surface area contributed by atoms with Crippen LogP contribution in [0.1, 0.15) is 15.9 Å². The SMILES string of the molecule is Nc1ccc(C(=O)N/N=C/c2cccc(F)c2)cc1. The molecule has 0 bridgehead atoms. The molecule has 96 valence electrons. The van der Waals surface area contributed by atoms with E-state index in [1.807, 2.05) is 0 Å². The highest BCUT2D eigenvalue weighted by Crippen LogP contribution is 2.05. The van der Waals surface area contributed by atoms with E-state index in [2.05, 4.69) is 10.5 Å². The molecule has 0 aliphatic carbocycles. The number of carbonyl (C=O) groups excluding carboxylic acids is 1. The Kier molecular flexibility index (Phi) is 3.87. The lowest BCUT2D eigenvalue weighted by atomic mass is 10.2. The predicted octanol–water partition coefficient (Wildman–Crippen LogP) is 2.17. The van der Waals surface area contributed by atoms with Crippen molar-refractivity contribution in [1.82, 2.24) is 5.43 Å². The molecule has 2 rings (SSSR count). The van der Waals surface area contributed by atoms with Gasteiger partial charge >= 0.3 is 0 Å². The summed E-state index contributed by atoms with van der Waals surface area (Å²) in [6.45, 7) is 0. The lowest BCUT2D eigenvalue weighted by Gasteiger charge is -2.00. The second kappa shape index (κ2) is 5.77. The van der Waals surface area contributed by atoms with Gasteiger partial charge in [-0.05, 0) is 42.0 Å². The first-order valence-electron chi connectivity index (χ1n) is 5.59. The molecular weight excluding hydrogens is 245 g/mol.